The smallest absolute Gasteiger partial charge is 0.143 e. The molecule has 0 bridgehead atoms. The lowest BCUT2D eigenvalue weighted by atomic mass is 10.1. The van der Waals surface area contributed by atoms with E-state index in [2.05, 4.69) is 15.3 Å². The van der Waals surface area contributed by atoms with Gasteiger partial charge in [0.05, 0.1) is 6.04 Å². The van der Waals surface area contributed by atoms with Crippen molar-refractivity contribution < 1.29 is 0 Å². The fourth-order valence-corrected chi connectivity index (χ4v) is 3.02. The van der Waals surface area contributed by atoms with Crippen molar-refractivity contribution in [3.05, 3.63) is 23.3 Å². The van der Waals surface area contributed by atoms with Crippen molar-refractivity contribution in [1.29, 1.82) is 0 Å². The number of fused-ring (bicyclic) bond motifs is 1. The van der Waals surface area contributed by atoms with E-state index in [1.807, 2.05) is 18.3 Å². The summed E-state index contributed by atoms with van der Waals surface area (Å²) in [5.41, 5.74) is 1.03. The zero-order valence-electron chi connectivity index (χ0n) is 8.44. The molecule has 1 aliphatic heterocycles. The summed E-state index contributed by atoms with van der Waals surface area (Å²) in [5.74, 6) is 0. The number of rotatable bonds is 1. The molecule has 2 aromatic heterocycles. The van der Waals surface area contributed by atoms with Crippen LogP contribution in [0.2, 0.25) is 0 Å². The summed E-state index contributed by atoms with van der Waals surface area (Å²) in [6.45, 7) is 1.12. The Labute approximate surface area is 92.6 Å². The van der Waals surface area contributed by atoms with Crippen LogP contribution in [0.5, 0.6) is 0 Å². The molecule has 3 heterocycles. The highest BCUT2D eigenvalue weighted by Crippen LogP contribution is 2.29. The second kappa shape index (κ2) is 3.87. The number of nitrogens with one attached hydrogen (secondary N) is 1. The second-order valence-corrected chi connectivity index (χ2v) is 4.89. The molecule has 0 spiro atoms. The Kier molecular flexibility index (Phi) is 2.38. The molecule has 0 amide bonds. The third-order valence-electron chi connectivity index (χ3n) is 2.79. The zero-order chi connectivity index (χ0) is 10.1. The molecule has 78 valence electrons. The van der Waals surface area contributed by atoms with Crippen molar-refractivity contribution in [2.24, 2.45) is 0 Å². The largest absolute Gasteiger partial charge is 0.308 e. The van der Waals surface area contributed by atoms with E-state index < -0.39 is 0 Å². The molecule has 15 heavy (non-hydrogen) atoms. The van der Waals surface area contributed by atoms with Gasteiger partial charge in [0.1, 0.15) is 15.4 Å². The van der Waals surface area contributed by atoms with Crippen LogP contribution in [0, 0.1) is 0 Å². The summed E-state index contributed by atoms with van der Waals surface area (Å²) in [6, 6.07) is 4.43. The molecule has 2 aromatic rings. The number of hydrogen-bond donors (Lipinski definition) is 1. The predicted molar refractivity (Wildman–Crippen MR) is 62.0 cm³/mol. The lowest BCUT2D eigenvalue weighted by Gasteiger charge is -2.20. The molecule has 1 atom stereocenters. The Morgan fingerprint density at radius 2 is 2.40 bits per heavy atom. The maximum Gasteiger partial charge on any atom is 0.143 e. The Hall–Kier alpha value is -1.00. The third-order valence-corrected chi connectivity index (χ3v) is 3.88. The van der Waals surface area contributed by atoms with Gasteiger partial charge in [-0.05, 0) is 31.5 Å². The van der Waals surface area contributed by atoms with E-state index in [-0.39, 0.29) is 0 Å². The van der Waals surface area contributed by atoms with Crippen LogP contribution in [-0.4, -0.2) is 16.5 Å². The average Bonchev–Trinajstić information content (AvgIpc) is 2.74. The number of pyridine rings is 1. The van der Waals surface area contributed by atoms with Gasteiger partial charge in [0.25, 0.3) is 0 Å². The number of hydrogen-bond acceptors (Lipinski definition) is 4. The fourth-order valence-electron chi connectivity index (χ4n) is 2.00. The van der Waals surface area contributed by atoms with E-state index in [1.54, 1.807) is 11.3 Å². The van der Waals surface area contributed by atoms with E-state index in [1.165, 1.54) is 24.3 Å². The number of aromatic nitrogens is 2. The van der Waals surface area contributed by atoms with Crippen molar-refractivity contribution in [2.45, 2.75) is 25.3 Å². The van der Waals surface area contributed by atoms with Gasteiger partial charge in [-0.25, -0.2) is 9.97 Å². The number of nitrogens with zero attached hydrogens (tertiary/aromatic N) is 2. The molecular formula is C11H13N3S. The summed E-state index contributed by atoms with van der Waals surface area (Å²) >= 11 is 1.72. The van der Waals surface area contributed by atoms with Crippen LogP contribution >= 0.6 is 11.3 Å². The molecule has 1 N–H and O–H groups in total. The van der Waals surface area contributed by atoms with Crippen LogP contribution in [-0.2, 0) is 0 Å². The average molecular weight is 219 g/mol. The lowest BCUT2D eigenvalue weighted by molar-refractivity contribution is 0.411. The van der Waals surface area contributed by atoms with Crippen molar-refractivity contribution in [1.82, 2.24) is 15.3 Å². The molecular weight excluding hydrogens is 206 g/mol. The Morgan fingerprint density at radius 1 is 1.40 bits per heavy atom. The maximum absolute atomic E-state index is 4.63. The quantitative estimate of drug-likeness (QED) is 0.800. The lowest BCUT2D eigenvalue weighted by Crippen LogP contribution is -2.26. The Morgan fingerprint density at radius 3 is 3.20 bits per heavy atom. The van der Waals surface area contributed by atoms with E-state index >= 15 is 0 Å². The first-order valence-corrected chi connectivity index (χ1v) is 6.20. The number of piperidine rings is 1. The standard InChI is InChI=1S/C11H13N3S/c1-2-6-12-8(4-1)11-14-9-5-3-7-13-10(9)15-11/h3,5,7-8,12H,1-2,4,6H2. The van der Waals surface area contributed by atoms with Gasteiger partial charge in [-0.15, -0.1) is 0 Å². The van der Waals surface area contributed by atoms with E-state index in [0.717, 1.165) is 16.9 Å². The minimum Gasteiger partial charge on any atom is -0.308 e. The van der Waals surface area contributed by atoms with Gasteiger partial charge in [0.15, 0.2) is 0 Å². The summed E-state index contributed by atoms with van der Waals surface area (Å²) < 4.78 is 0. The van der Waals surface area contributed by atoms with Crippen LogP contribution in [0.15, 0.2) is 18.3 Å². The molecule has 4 heteroatoms. The van der Waals surface area contributed by atoms with Gasteiger partial charge in [-0.2, -0.15) is 0 Å². The molecule has 0 saturated carbocycles. The van der Waals surface area contributed by atoms with Crippen molar-refractivity contribution in [3.63, 3.8) is 0 Å². The topological polar surface area (TPSA) is 37.8 Å². The third kappa shape index (κ3) is 1.75. The molecule has 0 radical (unpaired) electrons. The van der Waals surface area contributed by atoms with Gasteiger partial charge < -0.3 is 5.32 Å². The minimum absolute atomic E-state index is 0.456. The van der Waals surface area contributed by atoms with Crippen LogP contribution in [0.3, 0.4) is 0 Å². The molecule has 0 aromatic carbocycles. The Balaban J connectivity index is 1.96. The maximum atomic E-state index is 4.63. The zero-order valence-corrected chi connectivity index (χ0v) is 9.26. The fraction of sp³-hybridized carbons (Fsp3) is 0.455. The normalized spacial score (nSPS) is 22.0. The molecule has 1 saturated heterocycles. The predicted octanol–water partition coefficient (Wildman–Crippen LogP) is 2.51. The van der Waals surface area contributed by atoms with Crippen LogP contribution in [0.1, 0.15) is 30.3 Å². The molecule has 3 nitrogen and oxygen atoms in total. The number of thiazole rings is 1. The summed E-state index contributed by atoms with van der Waals surface area (Å²) in [6.07, 6.45) is 5.64. The SMILES string of the molecule is c1cnc2sc(C3CCCCN3)nc2c1. The minimum atomic E-state index is 0.456. The van der Waals surface area contributed by atoms with Crippen LogP contribution < -0.4 is 5.32 Å². The first-order valence-electron chi connectivity index (χ1n) is 5.38. The monoisotopic (exact) mass is 219 g/mol. The van der Waals surface area contributed by atoms with Gasteiger partial charge in [-0.1, -0.05) is 17.8 Å². The first-order chi connectivity index (χ1) is 7.43. The second-order valence-electron chi connectivity index (χ2n) is 3.88. The van der Waals surface area contributed by atoms with Gasteiger partial charge in [0.2, 0.25) is 0 Å². The van der Waals surface area contributed by atoms with Gasteiger partial charge in [0, 0.05) is 6.20 Å². The molecule has 0 aliphatic carbocycles. The van der Waals surface area contributed by atoms with Crippen molar-refractivity contribution in [3.8, 4) is 0 Å². The first kappa shape index (κ1) is 9.24. The van der Waals surface area contributed by atoms with Crippen LogP contribution in [0.4, 0.5) is 0 Å². The Bertz CT molecular complexity index is 427. The summed E-state index contributed by atoms with van der Waals surface area (Å²) in [7, 11) is 0. The van der Waals surface area contributed by atoms with Crippen LogP contribution in [0.25, 0.3) is 10.3 Å². The van der Waals surface area contributed by atoms with Crippen molar-refractivity contribution >= 4 is 21.7 Å². The van der Waals surface area contributed by atoms with E-state index in [9.17, 15) is 0 Å². The highest BCUT2D eigenvalue weighted by molar-refractivity contribution is 7.18. The molecule has 1 fully saturated rings. The molecule has 1 aliphatic rings. The van der Waals surface area contributed by atoms with Gasteiger partial charge in [-0.3, -0.25) is 0 Å². The molecule has 1 unspecified atom stereocenters. The van der Waals surface area contributed by atoms with E-state index in [4.69, 9.17) is 0 Å². The highest BCUT2D eigenvalue weighted by atomic mass is 32.1. The van der Waals surface area contributed by atoms with E-state index in [0.29, 0.717) is 6.04 Å². The summed E-state index contributed by atoms with van der Waals surface area (Å²) in [4.78, 5) is 10.0. The van der Waals surface area contributed by atoms with Gasteiger partial charge >= 0.3 is 0 Å². The molecule has 3 rings (SSSR count). The van der Waals surface area contributed by atoms with Crippen molar-refractivity contribution in [2.75, 3.05) is 6.54 Å². The summed E-state index contributed by atoms with van der Waals surface area (Å²) in [5, 5.41) is 4.71. The highest BCUT2D eigenvalue weighted by Gasteiger charge is 2.18.